The van der Waals surface area contributed by atoms with Gasteiger partial charge in [-0.15, -0.1) is 11.3 Å². The number of carbonyl (C=O) groups is 1. The summed E-state index contributed by atoms with van der Waals surface area (Å²) in [5, 5.41) is 9.15. The fourth-order valence-corrected chi connectivity index (χ4v) is 3.36. The van der Waals surface area contributed by atoms with Crippen molar-refractivity contribution in [3.8, 4) is 16.3 Å². The molecule has 0 saturated carbocycles. The lowest BCUT2D eigenvalue weighted by molar-refractivity contribution is -0.127. The van der Waals surface area contributed by atoms with Gasteiger partial charge in [0.1, 0.15) is 11.4 Å². The highest BCUT2D eigenvalue weighted by Gasteiger charge is 2.15. The molecule has 2 aromatic heterocycles. The fraction of sp³-hybridized carbons (Fsp3) is 0.286. The van der Waals surface area contributed by atoms with E-state index in [4.69, 9.17) is 4.74 Å². The van der Waals surface area contributed by atoms with Crippen molar-refractivity contribution in [2.45, 2.75) is 33.4 Å². The molecule has 3 rings (SSSR count). The number of hydrogen-bond donors (Lipinski definition) is 1. The molecule has 6 nitrogen and oxygen atoms in total. The van der Waals surface area contributed by atoms with Gasteiger partial charge in [-0.1, -0.05) is 18.2 Å². The van der Waals surface area contributed by atoms with Gasteiger partial charge in [-0.05, 0) is 55.5 Å². The summed E-state index contributed by atoms with van der Waals surface area (Å²) in [4.78, 5) is 25.4. The molecule has 0 radical (unpaired) electrons. The monoisotopic (exact) mass is 397 g/mol. The van der Waals surface area contributed by atoms with Crippen molar-refractivity contribution in [3.05, 3.63) is 69.3 Å². The van der Waals surface area contributed by atoms with Crippen molar-refractivity contribution < 1.29 is 9.53 Å². The Hall–Kier alpha value is -2.93. The minimum atomic E-state index is -0.636. The quantitative estimate of drug-likeness (QED) is 0.665. The summed E-state index contributed by atoms with van der Waals surface area (Å²) in [7, 11) is 0. The molecule has 28 heavy (non-hydrogen) atoms. The molecule has 0 aliphatic heterocycles. The van der Waals surface area contributed by atoms with E-state index in [1.165, 1.54) is 10.7 Å². The highest BCUT2D eigenvalue weighted by Crippen LogP contribution is 2.21. The topological polar surface area (TPSA) is 73.2 Å². The first-order chi connectivity index (χ1) is 13.4. The highest BCUT2D eigenvalue weighted by atomic mass is 32.1. The average Bonchev–Trinajstić information content (AvgIpc) is 3.20. The third kappa shape index (κ3) is 4.86. The van der Waals surface area contributed by atoms with Crippen LogP contribution in [0.1, 0.15) is 18.1 Å². The SMILES string of the molecule is Cc1ccc(C)c(OC(C)C(=O)NCCn2nc(-c3cccs3)ccc2=O)c1. The molecular weight excluding hydrogens is 374 g/mol. The smallest absolute Gasteiger partial charge is 0.266 e. The van der Waals surface area contributed by atoms with Gasteiger partial charge >= 0.3 is 0 Å². The van der Waals surface area contributed by atoms with Gasteiger partial charge in [-0.2, -0.15) is 5.10 Å². The van der Waals surface area contributed by atoms with Gasteiger partial charge < -0.3 is 10.1 Å². The fourth-order valence-electron chi connectivity index (χ4n) is 2.67. The van der Waals surface area contributed by atoms with Crippen LogP contribution in [0.5, 0.6) is 5.75 Å². The Morgan fingerprint density at radius 2 is 2.07 bits per heavy atom. The van der Waals surface area contributed by atoms with Crippen LogP contribution < -0.4 is 15.6 Å². The van der Waals surface area contributed by atoms with Gasteiger partial charge in [0.05, 0.1) is 11.4 Å². The van der Waals surface area contributed by atoms with Crippen molar-refractivity contribution in [2.24, 2.45) is 0 Å². The van der Waals surface area contributed by atoms with Gasteiger partial charge in [0, 0.05) is 12.6 Å². The summed E-state index contributed by atoms with van der Waals surface area (Å²) < 4.78 is 7.15. The minimum Gasteiger partial charge on any atom is -0.481 e. The lowest BCUT2D eigenvalue weighted by Crippen LogP contribution is -2.39. The summed E-state index contributed by atoms with van der Waals surface area (Å²) in [5.41, 5.74) is 2.59. The number of aromatic nitrogens is 2. The number of nitrogens with one attached hydrogen (secondary N) is 1. The largest absolute Gasteiger partial charge is 0.481 e. The van der Waals surface area contributed by atoms with Crippen LogP contribution >= 0.6 is 11.3 Å². The normalized spacial score (nSPS) is 11.8. The molecule has 0 spiro atoms. The van der Waals surface area contributed by atoms with Crippen LogP contribution in [0.3, 0.4) is 0 Å². The zero-order chi connectivity index (χ0) is 20.1. The van der Waals surface area contributed by atoms with Gasteiger partial charge in [0.15, 0.2) is 6.10 Å². The van der Waals surface area contributed by atoms with Gasteiger partial charge in [-0.25, -0.2) is 4.68 Å². The summed E-state index contributed by atoms with van der Waals surface area (Å²) in [6.45, 7) is 6.21. The van der Waals surface area contributed by atoms with E-state index in [2.05, 4.69) is 10.4 Å². The Kier molecular flexibility index (Phi) is 6.26. The second-order valence-electron chi connectivity index (χ2n) is 6.58. The number of nitrogens with zero attached hydrogens (tertiary/aromatic N) is 2. The molecule has 1 atom stereocenters. The minimum absolute atomic E-state index is 0.200. The molecule has 0 bridgehead atoms. The number of rotatable bonds is 7. The van der Waals surface area contributed by atoms with E-state index in [1.807, 2.05) is 49.6 Å². The second-order valence-corrected chi connectivity index (χ2v) is 7.53. The lowest BCUT2D eigenvalue weighted by atomic mass is 10.1. The van der Waals surface area contributed by atoms with E-state index < -0.39 is 6.10 Å². The predicted octanol–water partition coefficient (Wildman–Crippen LogP) is 3.17. The van der Waals surface area contributed by atoms with Crippen LogP contribution in [0, 0.1) is 13.8 Å². The molecule has 1 amide bonds. The third-order valence-electron chi connectivity index (χ3n) is 4.28. The molecule has 0 saturated heterocycles. The Morgan fingerprint density at radius 1 is 1.25 bits per heavy atom. The molecule has 0 fully saturated rings. The number of hydrogen-bond acceptors (Lipinski definition) is 5. The predicted molar refractivity (Wildman–Crippen MR) is 111 cm³/mol. The molecule has 3 aromatic rings. The van der Waals surface area contributed by atoms with E-state index in [0.717, 1.165) is 21.7 Å². The zero-order valence-electron chi connectivity index (χ0n) is 16.1. The Morgan fingerprint density at radius 3 is 2.82 bits per heavy atom. The first kappa shape index (κ1) is 19.8. The molecule has 1 aromatic carbocycles. The Balaban J connectivity index is 1.57. The number of carbonyl (C=O) groups excluding carboxylic acids is 1. The van der Waals surface area contributed by atoms with Crippen LogP contribution in [-0.4, -0.2) is 28.3 Å². The summed E-state index contributed by atoms with van der Waals surface area (Å²) in [6, 6.07) is 13.0. The van der Waals surface area contributed by atoms with E-state index in [1.54, 1.807) is 24.3 Å². The van der Waals surface area contributed by atoms with Crippen molar-refractivity contribution in [3.63, 3.8) is 0 Å². The molecule has 0 aliphatic rings. The Labute approximate surface area is 167 Å². The maximum Gasteiger partial charge on any atom is 0.266 e. The van der Waals surface area contributed by atoms with Gasteiger partial charge in [-0.3, -0.25) is 9.59 Å². The van der Waals surface area contributed by atoms with Crippen LogP contribution in [0.25, 0.3) is 10.6 Å². The molecular formula is C21H23N3O3S. The summed E-state index contributed by atoms with van der Waals surface area (Å²) in [5.74, 6) is 0.465. The van der Waals surface area contributed by atoms with Crippen molar-refractivity contribution in [1.82, 2.24) is 15.1 Å². The molecule has 146 valence electrons. The standard InChI is InChI=1S/C21H23N3O3S/c1-14-6-7-15(2)18(13-14)27-16(3)21(26)22-10-11-24-20(25)9-8-17(23-24)19-5-4-12-28-19/h4-9,12-13,16H,10-11H2,1-3H3,(H,22,26). The number of aryl methyl sites for hydroxylation is 2. The number of thiophene rings is 1. The van der Waals surface area contributed by atoms with Crippen molar-refractivity contribution in [2.75, 3.05) is 6.54 Å². The maximum atomic E-state index is 12.3. The molecule has 0 aliphatic carbocycles. The highest BCUT2D eigenvalue weighted by molar-refractivity contribution is 7.13. The zero-order valence-corrected chi connectivity index (χ0v) is 17.0. The van der Waals surface area contributed by atoms with Crippen molar-refractivity contribution in [1.29, 1.82) is 0 Å². The second kappa shape index (κ2) is 8.84. The number of benzene rings is 1. The third-order valence-corrected chi connectivity index (χ3v) is 5.17. The average molecular weight is 398 g/mol. The van der Waals surface area contributed by atoms with Crippen LogP contribution in [0.2, 0.25) is 0 Å². The summed E-state index contributed by atoms with van der Waals surface area (Å²) in [6.07, 6.45) is -0.636. The van der Waals surface area contributed by atoms with Crippen LogP contribution in [-0.2, 0) is 11.3 Å². The first-order valence-electron chi connectivity index (χ1n) is 9.07. The Bertz CT molecular complexity index is 1010. The van der Waals surface area contributed by atoms with E-state index in [-0.39, 0.29) is 11.5 Å². The molecule has 1 unspecified atom stereocenters. The van der Waals surface area contributed by atoms with Gasteiger partial charge in [0.25, 0.3) is 11.5 Å². The van der Waals surface area contributed by atoms with E-state index >= 15 is 0 Å². The number of ether oxygens (including phenoxy) is 1. The summed E-state index contributed by atoms with van der Waals surface area (Å²) >= 11 is 1.56. The maximum absolute atomic E-state index is 12.3. The van der Waals surface area contributed by atoms with Crippen LogP contribution in [0.4, 0.5) is 0 Å². The van der Waals surface area contributed by atoms with E-state index in [0.29, 0.717) is 18.8 Å². The first-order valence-corrected chi connectivity index (χ1v) is 9.95. The van der Waals surface area contributed by atoms with E-state index in [9.17, 15) is 9.59 Å². The van der Waals surface area contributed by atoms with Crippen LogP contribution in [0.15, 0.2) is 52.6 Å². The molecule has 7 heteroatoms. The van der Waals surface area contributed by atoms with Crippen molar-refractivity contribution >= 4 is 17.2 Å². The lowest BCUT2D eigenvalue weighted by Gasteiger charge is -2.17. The molecule has 2 heterocycles. The molecule has 1 N–H and O–H groups in total. The number of amides is 1. The van der Waals surface area contributed by atoms with Gasteiger partial charge in [0.2, 0.25) is 0 Å².